The minimum absolute atomic E-state index is 0. The van der Waals surface area contributed by atoms with Crippen LogP contribution in [0.5, 0.6) is 0 Å². The predicted octanol–water partition coefficient (Wildman–Crippen LogP) is 1.82. The Kier molecular flexibility index (Phi) is 7.56. The summed E-state index contributed by atoms with van der Waals surface area (Å²) >= 11 is 0. The highest BCUT2D eigenvalue weighted by Gasteiger charge is 2.13. The van der Waals surface area contributed by atoms with E-state index < -0.39 is 6.04 Å². The molecule has 1 amide bonds. The third-order valence-corrected chi connectivity index (χ3v) is 3.32. The number of nitrogens with two attached hydrogens (primary N) is 1. The van der Waals surface area contributed by atoms with Gasteiger partial charge in [0.05, 0.1) is 11.7 Å². The molecule has 0 saturated carbocycles. The Morgan fingerprint density at radius 1 is 1.41 bits per heavy atom. The van der Waals surface area contributed by atoms with Gasteiger partial charge in [-0.3, -0.25) is 4.79 Å². The van der Waals surface area contributed by atoms with Crippen molar-refractivity contribution < 1.29 is 4.79 Å². The summed E-state index contributed by atoms with van der Waals surface area (Å²) in [6.07, 6.45) is 5.83. The van der Waals surface area contributed by atoms with E-state index in [1.54, 1.807) is 11.0 Å². The van der Waals surface area contributed by atoms with Gasteiger partial charge in [-0.05, 0) is 18.1 Å². The quantitative estimate of drug-likeness (QED) is 0.814. The van der Waals surface area contributed by atoms with Crippen molar-refractivity contribution in [3.63, 3.8) is 0 Å². The number of amides is 1. The van der Waals surface area contributed by atoms with Gasteiger partial charge in [-0.2, -0.15) is 5.10 Å². The highest BCUT2D eigenvalue weighted by molar-refractivity contribution is 5.85. The molecule has 0 saturated heterocycles. The molecule has 22 heavy (non-hydrogen) atoms. The second kappa shape index (κ2) is 9.17. The number of hydrogen-bond acceptors (Lipinski definition) is 4. The summed E-state index contributed by atoms with van der Waals surface area (Å²) in [5.74, 6) is -0.114. The molecule has 1 heterocycles. The summed E-state index contributed by atoms with van der Waals surface area (Å²) in [5, 5.41) is 7.00. The molecule has 0 spiro atoms. The van der Waals surface area contributed by atoms with Crippen LogP contribution in [-0.2, 0) is 11.3 Å². The minimum atomic E-state index is -0.441. The molecule has 0 fully saturated rings. The number of rotatable bonds is 7. The lowest BCUT2D eigenvalue weighted by Crippen LogP contribution is -2.40. The molecule has 0 aliphatic rings. The molecule has 2 aromatic rings. The molecule has 2 rings (SSSR count). The van der Waals surface area contributed by atoms with Gasteiger partial charge in [0, 0.05) is 6.54 Å². The van der Waals surface area contributed by atoms with Gasteiger partial charge in [-0.25, -0.2) is 9.67 Å². The van der Waals surface area contributed by atoms with Crippen molar-refractivity contribution in [2.75, 3.05) is 0 Å². The van der Waals surface area contributed by atoms with E-state index in [1.165, 1.54) is 6.33 Å². The molecule has 1 atom stereocenters. The fourth-order valence-electron chi connectivity index (χ4n) is 2.09. The van der Waals surface area contributed by atoms with Crippen molar-refractivity contribution in [1.82, 2.24) is 20.1 Å². The molecule has 3 N–H and O–H groups in total. The van der Waals surface area contributed by atoms with Crippen LogP contribution in [0, 0.1) is 0 Å². The Morgan fingerprint density at radius 2 is 2.18 bits per heavy atom. The number of carbonyl (C=O) groups is 1. The van der Waals surface area contributed by atoms with E-state index in [9.17, 15) is 4.79 Å². The maximum Gasteiger partial charge on any atom is 0.237 e. The first-order valence-electron chi connectivity index (χ1n) is 7.18. The third kappa shape index (κ3) is 4.82. The number of benzene rings is 1. The van der Waals surface area contributed by atoms with E-state index in [-0.39, 0.29) is 18.3 Å². The van der Waals surface area contributed by atoms with Gasteiger partial charge in [-0.1, -0.05) is 38.0 Å². The first-order chi connectivity index (χ1) is 10.2. The smallest absolute Gasteiger partial charge is 0.237 e. The minimum Gasteiger partial charge on any atom is -0.351 e. The molecular formula is C15H22ClN5O. The summed E-state index contributed by atoms with van der Waals surface area (Å²) in [7, 11) is 0. The number of nitrogens with one attached hydrogen (secondary N) is 1. The zero-order valence-corrected chi connectivity index (χ0v) is 13.4. The first kappa shape index (κ1) is 18.1. The topological polar surface area (TPSA) is 85.8 Å². The lowest BCUT2D eigenvalue weighted by molar-refractivity contribution is -0.122. The van der Waals surface area contributed by atoms with E-state index in [0.717, 1.165) is 24.1 Å². The number of aromatic nitrogens is 3. The third-order valence-electron chi connectivity index (χ3n) is 3.32. The fourth-order valence-corrected chi connectivity index (χ4v) is 2.09. The summed E-state index contributed by atoms with van der Waals surface area (Å²) in [6.45, 7) is 2.51. The summed E-state index contributed by atoms with van der Waals surface area (Å²) in [5.41, 5.74) is 7.73. The molecule has 7 heteroatoms. The van der Waals surface area contributed by atoms with Crippen LogP contribution in [0.25, 0.3) is 5.69 Å². The Bertz CT molecular complexity index is 573. The number of halogens is 1. The number of para-hydroxylation sites is 1. The summed E-state index contributed by atoms with van der Waals surface area (Å²) in [6, 6.07) is 7.31. The Balaban J connectivity index is 0.00000242. The molecule has 0 aliphatic carbocycles. The zero-order chi connectivity index (χ0) is 15.1. The number of unbranched alkanes of at least 4 members (excludes halogenated alkanes) is 1. The Morgan fingerprint density at radius 3 is 2.86 bits per heavy atom. The maximum absolute atomic E-state index is 11.9. The van der Waals surface area contributed by atoms with Crippen LogP contribution in [0.15, 0.2) is 36.9 Å². The van der Waals surface area contributed by atoms with E-state index >= 15 is 0 Å². The van der Waals surface area contributed by atoms with Crippen molar-refractivity contribution in [2.45, 2.75) is 38.8 Å². The summed E-state index contributed by atoms with van der Waals surface area (Å²) in [4.78, 5) is 15.9. The highest BCUT2D eigenvalue weighted by Crippen LogP contribution is 2.12. The SMILES string of the molecule is CCCCC(N)C(=O)NCc1ccccc1-n1cncn1.Cl. The number of nitrogens with zero attached hydrogens (tertiary/aromatic N) is 3. The van der Waals surface area contributed by atoms with Crippen LogP contribution in [-0.4, -0.2) is 26.7 Å². The second-order valence-electron chi connectivity index (χ2n) is 4.94. The van der Waals surface area contributed by atoms with Crippen molar-refractivity contribution >= 4 is 18.3 Å². The van der Waals surface area contributed by atoms with E-state index in [2.05, 4.69) is 22.3 Å². The van der Waals surface area contributed by atoms with E-state index in [1.807, 2.05) is 24.3 Å². The molecule has 0 aliphatic heterocycles. The van der Waals surface area contributed by atoms with Crippen molar-refractivity contribution in [3.05, 3.63) is 42.5 Å². The number of carbonyl (C=O) groups excluding carboxylic acids is 1. The van der Waals surface area contributed by atoms with Crippen LogP contribution in [0.3, 0.4) is 0 Å². The Labute approximate surface area is 136 Å². The molecule has 120 valence electrons. The molecule has 0 bridgehead atoms. The maximum atomic E-state index is 11.9. The molecule has 1 unspecified atom stereocenters. The van der Waals surface area contributed by atoms with Gasteiger partial charge in [0.2, 0.25) is 5.91 Å². The van der Waals surface area contributed by atoms with Gasteiger partial charge in [-0.15, -0.1) is 12.4 Å². The van der Waals surface area contributed by atoms with Crippen molar-refractivity contribution in [2.24, 2.45) is 5.73 Å². The highest BCUT2D eigenvalue weighted by atomic mass is 35.5. The lowest BCUT2D eigenvalue weighted by atomic mass is 10.1. The Hall–Kier alpha value is -1.92. The predicted molar refractivity (Wildman–Crippen MR) is 88.0 cm³/mol. The normalized spacial score (nSPS) is 11.5. The van der Waals surface area contributed by atoms with E-state index in [4.69, 9.17) is 5.73 Å². The van der Waals surface area contributed by atoms with Crippen LogP contribution < -0.4 is 11.1 Å². The first-order valence-corrected chi connectivity index (χ1v) is 7.18. The van der Waals surface area contributed by atoms with Crippen molar-refractivity contribution in [3.8, 4) is 5.69 Å². The standard InChI is InChI=1S/C15H21N5O.ClH/c1-2-3-7-13(16)15(21)18-9-12-6-4-5-8-14(12)20-11-17-10-19-20;/h4-6,8,10-11,13H,2-3,7,9,16H2,1H3,(H,18,21);1H. The van der Waals surface area contributed by atoms with Gasteiger partial charge in [0.25, 0.3) is 0 Å². The van der Waals surface area contributed by atoms with Gasteiger partial charge in [0.1, 0.15) is 12.7 Å². The monoisotopic (exact) mass is 323 g/mol. The van der Waals surface area contributed by atoms with Crippen LogP contribution in [0.4, 0.5) is 0 Å². The average molecular weight is 324 g/mol. The fraction of sp³-hybridized carbons (Fsp3) is 0.400. The van der Waals surface area contributed by atoms with Crippen LogP contribution in [0.1, 0.15) is 31.7 Å². The molecule has 1 aromatic heterocycles. The van der Waals surface area contributed by atoms with Crippen LogP contribution >= 0.6 is 12.4 Å². The number of hydrogen-bond donors (Lipinski definition) is 2. The molecule has 1 aromatic carbocycles. The lowest BCUT2D eigenvalue weighted by Gasteiger charge is -2.13. The molecule has 0 radical (unpaired) electrons. The average Bonchev–Trinajstić information content (AvgIpc) is 3.04. The van der Waals surface area contributed by atoms with Gasteiger partial charge >= 0.3 is 0 Å². The van der Waals surface area contributed by atoms with Gasteiger partial charge < -0.3 is 11.1 Å². The van der Waals surface area contributed by atoms with Crippen molar-refractivity contribution in [1.29, 1.82) is 0 Å². The largest absolute Gasteiger partial charge is 0.351 e. The van der Waals surface area contributed by atoms with E-state index in [0.29, 0.717) is 13.0 Å². The second-order valence-corrected chi connectivity index (χ2v) is 4.94. The van der Waals surface area contributed by atoms with Gasteiger partial charge in [0.15, 0.2) is 0 Å². The molecule has 6 nitrogen and oxygen atoms in total. The molecular weight excluding hydrogens is 302 g/mol. The summed E-state index contributed by atoms with van der Waals surface area (Å²) < 4.78 is 1.68. The zero-order valence-electron chi connectivity index (χ0n) is 12.6. The van der Waals surface area contributed by atoms with Crippen LogP contribution in [0.2, 0.25) is 0 Å².